The molecular weight excluding hydrogens is 249 g/mol. The van der Waals surface area contributed by atoms with Crippen LogP contribution in [0.3, 0.4) is 0 Å². The molecule has 0 radical (unpaired) electrons. The zero-order valence-electron chi connectivity index (χ0n) is 11.3. The summed E-state index contributed by atoms with van der Waals surface area (Å²) in [5, 5.41) is 3.72. The van der Waals surface area contributed by atoms with Crippen LogP contribution in [0.5, 0.6) is 0 Å². The van der Waals surface area contributed by atoms with E-state index in [2.05, 4.69) is 26.1 Å². The first-order valence-corrected chi connectivity index (χ1v) is 6.97. The van der Waals surface area contributed by atoms with E-state index < -0.39 is 0 Å². The van der Waals surface area contributed by atoms with Crippen LogP contribution in [0, 0.1) is 17.7 Å². The molecule has 0 amide bonds. The lowest BCUT2D eigenvalue weighted by molar-refractivity contribution is 0.515. The first-order chi connectivity index (χ1) is 8.43. The molecule has 18 heavy (non-hydrogen) atoms. The molecule has 1 aromatic rings. The third-order valence-electron chi connectivity index (χ3n) is 3.93. The summed E-state index contributed by atoms with van der Waals surface area (Å²) >= 11 is 5.85. The highest BCUT2D eigenvalue weighted by molar-refractivity contribution is 6.30. The van der Waals surface area contributed by atoms with Gasteiger partial charge in [-0.15, -0.1) is 0 Å². The second-order valence-corrected chi connectivity index (χ2v) is 6.41. The molecule has 2 unspecified atom stereocenters. The van der Waals surface area contributed by atoms with Crippen molar-refractivity contribution in [3.05, 3.63) is 34.6 Å². The fraction of sp³-hybridized carbons (Fsp3) is 0.600. The Morgan fingerprint density at radius 1 is 1.50 bits per heavy atom. The second-order valence-electron chi connectivity index (χ2n) is 6.00. The molecule has 0 bridgehead atoms. The average molecular weight is 270 g/mol. The molecule has 2 atom stereocenters. The van der Waals surface area contributed by atoms with Gasteiger partial charge in [0, 0.05) is 0 Å². The SMILES string of the molecule is CC(C)CNCC1CC1(C)c1ccc(F)c(Cl)c1. The van der Waals surface area contributed by atoms with Crippen molar-refractivity contribution in [2.45, 2.75) is 32.6 Å². The summed E-state index contributed by atoms with van der Waals surface area (Å²) in [5.41, 5.74) is 1.33. The Morgan fingerprint density at radius 2 is 2.22 bits per heavy atom. The fourth-order valence-electron chi connectivity index (χ4n) is 2.50. The van der Waals surface area contributed by atoms with E-state index >= 15 is 0 Å². The van der Waals surface area contributed by atoms with Crippen molar-refractivity contribution in [3.8, 4) is 0 Å². The van der Waals surface area contributed by atoms with Gasteiger partial charge in [-0.3, -0.25) is 0 Å². The lowest BCUT2D eigenvalue weighted by Gasteiger charge is -2.14. The molecule has 1 fully saturated rings. The van der Waals surface area contributed by atoms with E-state index in [1.807, 2.05) is 6.07 Å². The Hall–Kier alpha value is -0.600. The average Bonchev–Trinajstić information content (AvgIpc) is 2.94. The van der Waals surface area contributed by atoms with E-state index in [-0.39, 0.29) is 16.3 Å². The molecule has 0 heterocycles. The summed E-state index contributed by atoms with van der Waals surface area (Å²) in [6, 6.07) is 5.11. The number of nitrogens with one attached hydrogen (secondary N) is 1. The summed E-state index contributed by atoms with van der Waals surface area (Å²) in [5.74, 6) is 0.979. The van der Waals surface area contributed by atoms with Crippen molar-refractivity contribution in [1.29, 1.82) is 0 Å². The Bertz CT molecular complexity index is 433. The van der Waals surface area contributed by atoms with E-state index in [1.54, 1.807) is 6.07 Å². The number of benzene rings is 1. The van der Waals surface area contributed by atoms with Crippen molar-refractivity contribution in [1.82, 2.24) is 5.32 Å². The number of rotatable bonds is 5. The smallest absolute Gasteiger partial charge is 0.141 e. The van der Waals surface area contributed by atoms with E-state index in [0.29, 0.717) is 11.8 Å². The summed E-state index contributed by atoms with van der Waals surface area (Å²) < 4.78 is 13.2. The Balaban J connectivity index is 1.95. The highest BCUT2D eigenvalue weighted by Gasteiger charge is 2.50. The first kappa shape index (κ1) is 13.8. The van der Waals surface area contributed by atoms with Gasteiger partial charge in [-0.1, -0.05) is 38.4 Å². The molecule has 1 aliphatic rings. The zero-order chi connectivity index (χ0) is 13.3. The Kier molecular flexibility index (Phi) is 3.98. The van der Waals surface area contributed by atoms with Gasteiger partial charge >= 0.3 is 0 Å². The maximum absolute atomic E-state index is 13.2. The van der Waals surface area contributed by atoms with E-state index in [9.17, 15) is 4.39 Å². The molecule has 2 rings (SSSR count). The minimum Gasteiger partial charge on any atom is -0.316 e. The molecule has 1 aromatic carbocycles. The third-order valence-corrected chi connectivity index (χ3v) is 4.22. The van der Waals surface area contributed by atoms with Crippen LogP contribution in [-0.2, 0) is 5.41 Å². The van der Waals surface area contributed by atoms with E-state index in [0.717, 1.165) is 25.1 Å². The summed E-state index contributed by atoms with van der Waals surface area (Å²) in [6.07, 6.45) is 1.15. The maximum atomic E-state index is 13.2. The molecule has 100 valence electrons. The second kappa shape index (κ2) is 5.18. The zero-order valence-corrected chi connectivity index (χ0v) is 12.0. The van der Waals surface area contributed by atoms with Crippen molar-refractivity contribution in [2.75, 3.05) is 13.1 Å². The van der Waals surface area contributed by atoms with Crippen LogP contribution in [0.25, 0.3) is 0 Å². The van der Waals surface area contributed by atoms with Gasteiger partial charge in [-0.05, 0) is 54.5 Å². The summed E-state index contributed by atoms with van der Waals surface area (Å²) in [4.78, 5) is 0. The van der Waals surface area contributed by atoms with Crippen LogP contribution in [0.15, 0.2) is 18.2 Å². The lowest BCUT2D eigenvalue weighted by atomic mass is 9.95. The predicted octanol–water partition coefficient (Wildman–Crippen LogP) is 4.00. The molecule has 1 N–H and O–H groups in total. The summed E-state index contributed by atoms with van der Waals surface area (Å²) in [6.45, 7) is 8.73. The van der Waals surface area contributed by atoms with Crippen molar-refractivity contribution in [2.24, 2.45) is 11.8 Å². The molecule has 3 heteroatoms. The van der Waals surface area contributed by atoms with Gasteiger partial charge in [0.15, 0.2) is 0 Å². The molecule has 0 spiro atoms. The molecule has 1 saturated carbocycles. The summed E-state index contributed by atoms with van der Waals surface area (Å²) in [7, 11) is 0. The lowest BCUT2D eigenvalue weighted by Crippen LogP contribution is -2.24. The van der Waals surface area contributed by atoms with Gasteiger partial charge in [0.1, 0.15) is 5.82 Å². The Morgan fingerprint density at radius 3 is 2.83 bits per heavy atom. The van der Waals surface area contributed by atoms with Crippen LogP contribution in [0.1, 0.15) is 32.8 Å². The number of hydrogen-bond donors (Lipinski definition) is 1. The molecule has 1 nitrogen and oxygen atoms in total. The van der Waals surface area contributed by atoms with Crippen LogP contribution in [0.4, 0.5) is 4.39 Å². The van der Waals surface area contributed by atoms with Crippen LogP contribution >= 0.6 is 11.6 Å². The largest absolute Gasteiger partial charge is 0.316 e. The topological polar surface area (TPSA) is 12.0 Å². The van der Waals surface area contributed by atoms with Gasteiger partial charge in [0.05, 0.1) is 5.02 Å². The van der Waals surface area contributed by atoms with E-state index in [1.165, 1.54) is 6.07 Å². The quantitative estimate of drug-likeness (QED) is 0.852. The number of halogens is 2. The Labute approximate surface area is 114 Å². The first-order valence-electron chi connectivity index (χ1n) is 6.59. The fourth-order valence-corrected chi connectivity index (χ4v) is 2.68. The van der Waals surface area contributed by atoms with Gasteiger partial charge in [-0.2, -0.15) is 0 Å². The van der Waals surface area contributed by atoms with E-state index in [4.69, 9.17) is 11.6 Å². The highest BCUT2D eigenvalue weighted by atomic mass is 35.5. The molecular formula is C15H21ClFN. The molecule has 1 aliphatic carbocycles. The molecule has 0 saturated heterocycles. The number of hydrogen-bond acceptors (Lipinski definition) is 1. The standard InChI is InChI=1S/C15H21ClFN/c1-10(2)8-18-9-12-7-15(12,3)11-4-5-14(17)13(16)6-11/h4-6,10,12,18H,7-9H2,1-3H3. The normalized spacial score (nSPS) is 26.7. The van der Waals surface area contributed by atoms with Gasteiger partial charge in [-0.25, -0.2) is 4.39 Å². The van der Waals surface area contributed by atoms with Crippen molar-refractivity contribution >= 4 is 11.6 Å². The van der Waals surface area contributed by atoms with Crippen LogP contribution < -0.4 is 5.32 Å². The monoisotopic (exact) mass is 269 g/mol. The van der Waals surface area contributed by atoms with Crippen molar-refractivity contribution in [3.63, 3.8) is 0 Å². The minimum absolute atomic E-state index is 0.168. The van der Waals surface area contributed by atoms with Crippen LogP contribution in [0.2, 0.25) is 5.02 Å². The maximum Gasteiger partial charge on any atom is 0.141 e. The van der Waals surface area contributed by atoms with Crippen molar-refractivity contribution < 1.29 is 4.39 Å². The highest BCUT2D eigenvalue weighted by Crippen LogP contribution is 2.53. The van der Waals surface area contributed by atoms with Crippen LogP contribution in [-0.4, -0.2) is 13.1 Å². The minimum atomic E-state index is -0.334. The van der Waals surface area contributed by atoms with Gasteiger partial charge in [0.2, 0.25) is 0 Å². The predicted molar refractivity (Wildman–Crippen MR) is 74.6 cm³/mol. The van der Waals surface area contributed by atoms with Gasteiger partial charge < -0.3 is 5.32 Å². The molecule has 0 aromatic heterocycles. The van der Waals surface area contributed by atoms with Gasteiger partial charge in [0.25, 0.3) is 0 Å². The third kappa shape index (κ3) is 2.86. The molecule has 0 aliphatic heterocycles.